The fraction of sp³-hybridized carbons (Fsp3) is 0.389. The van der Waals surface area contributed by atoms with E-state index in [1.165, 1.54) is 6.07 Å². The lowest BCUT2D eigenvalue weighted by atomic mass is 9.96. The molecular formula is C18H23FN4O2. The van der Waals surface area contributed by atoms with Crippen LogP contribution < -0.4 is 10.6 Å². The Hall–Kier alpha value is -2.70. The molecular weight excluding hydrogens is 323 g/mol. The number of nitrogens with zero attached hydrogens (tertiary/aromatic N) is 2. The fourth-order valence-corrected chi connectivity index (χ4v) is 2.28. The minimum atomic E-state index is -0.750. The van der Waals surface area contributed by atoms with E-state index in [9.17, 15) is 14.0 Å². The molecule has 7 heteroatoms. The van der Waals surface area contributed by atoms with Crippen LogP contribution in [0.5, 0.6) is 0 Å². The van der Waals surface area contributed by atoms with Crippen LogP contribution in [-0.4, -0.2) is 27.9 Å². The van der Waals surface area contributed by atoms with Gasteiger partial charge in [-0.1, -0.05) is 39.0 Å². The van der Waals surface area contributed by atoms with Crippen molar-refractivity contribution in [3.8, 4) is 0 Å². The third kappa shape index (κ3) is 4.65. The molecule has 0 saturated carbocycles. The Bertz CT molecular complexity index is 764. The Morgan fingerprint density at radius 2 is 1.96 bits per heavy atom. The molecule has 1 heterocycles. The van der Waals surface area contributed by atoms with E-state index in [1.807, 2.05) is 0 Å². The van der Waals surface area contributed by atoms with Crippen molar-refractivity contribution in [1.29, 1.82) is 0 Å². The summed E-state index contributed by atoms with van der Waals surface area (Å²) in [4.78, 5) is 28.4. The monoisotopic (exact) mass is 346 g/mol. The molecule has 0 aliphatic rings. The normalized spacial score (nSPS) is 12.5. The summed E-state index contributed by atoms with van der Waals surface area (Å²) < 4.78 is 15.9. The number of hydrogen-bond donors (Lipinski definition) is 2. The smallest absolute Gasteiger partial charge is 0.240 e. The van der Waals surface area contributed by atoms with E-state index in [0.29, 0.717) is 11.4 Å². The summed E-state index contributed by atoms with van der Waals surface area (Å²) in [6.07, 6.45) is 3.30. The molecule has 6 nitrogen and oxygen atoms in total. The van der Waals surface area contributed by atoms with Crippen molar-refractivity contribution in [2.75, 3.05) is 6.54 Å². The first-order chi connectivity index (χ1) is 11.7. The van der Waals surface area contributed by atoms with Gasteiger partial charge in [-0.3, -0.25) is 9.59 Å². The minimum Gasteiger partial charge on any atom is -0.347 e. The number of halogens is 1. The third-order valence-corrected chi connectivity index (χ3v) is 3.73. The summed E-state index contributed by atoms with van der Waals surface area (Å²) in [6, 6.07) is 5.46. The van der Waals surface area contributed by atoms with Gasteiger partial charge in [0.1, 0.15) is 17.7 Å². The van der Waals surface area contributed by atoms with Crippen LogP contribution in [0.3, 0.4) is 0 Å². The maximum absolute atomic E-state index is 14.2. The lowest BCUT2D eigenvalue weighted by Crippen LogP contribution is -2.43. The number of carbonyl (C=O) groups excluding carboxylic acids is 2. The molecule has 134 valence electrons. The minimum absolute atomic E-state index is 0.189. The molecule has 0 fully saturated rings. The van der Waals surface area contributed by atoms with Gasteiger partial charge in [0, 0.05) is 30.4 Å². The quantitative estimate of drug-likeness (QED) is 0.868. The molecule has 2 amide bonds. The molecule has 0 unspecified atom stereocenters. The zero-order valence-corrected chi connectivity index (χ0v) is 14.8. The van der Waals surface area contributed by atoms with Gasteiger partial charge < -0.3 is 15.2 Å². The lowest BCUT2D eigenvalue weighted by Gasteiger charge is -2.21. The van der Waals surface area contributed by atoms with Crippen molar-refractivity contribution < 1.29 is 14.0 Å². The average molecular weight is 346 g/mol. The van der Waals surface area contributed by atoms with E-state index in [2.05, 4.69) is 15.6 Å². The van der Waals surface area contributed by atoms with Gasteiger partial charge in [0.25, 0.3) is 0 Å². The second kappa shape index (κ2) is 7.46. The summed E-state index contributed by atoms with van der Waals surface area (Å²) in [5.41, 5.74) is -0.280. The number of aromatic nitrogens is 2. The summed E-state index contributed by atoms with van der Waals surface area (Å²) in [5.74, 6) is -0.592. The molecule has 0 bridgehead atoms. The summed E-state index contributed by atoms with van der Waals surface area (Å²) in [5, 5.41) is 5.33. The molecule has 1 aromatic heterocycles. The van der Waals surface area contributed by atoms with Crippen LogP contribution in [-0.2, 0) is 16.6 Å². The maximum atomic E-state index is 14.2. The van der Waals surface area contributed by atoms with E-state index in [1.54, 1.807) is 63.0 Å². The first-order valence-corrected chi connectivity index (χ1v) is 7.99. The van der Waals surface area contributed by atoms with Crippen LogP contribution in [0.1, 0.15) is 38.2 Å². The molecule has 2 aromatic rings. The van der Waals surface area contributed by atoms with Crippen LogP contribution >= 0.6 is 0 Å². The van der Waals surface area contributed by atoms with E-state index in [4.69, 9.17) is 0 Å². The molecule has 0 aliphatic heterocycles. The molecule has 0 saturated heterocycles. The number of benzene rings is 1. The Labute approximate surface area is 146 Å². The van der Waals surface area contributed by atoms with E-state index in [-0.39, 0.29) is 12.5 Å². The first kappa shape index (κ1) is 18.6. The van der Waals surface area contributed by atoms with Gasteiger partial charge in [0.2, 0.25) is 11.8 Å². The van der Waals surface area contributed by atoms with E-state index in [0.717, 1.165) is 0 Å². The summed E-state index contributed by atoms with van der Waals surface area (Å²) in [7, 11) is 1.77. The highest BCUT2D eigenvalue weighted by molar-refractivity contribution is 5.87. The maximum Gasteiger partial charge on any atom is 0.240 e. The van der Waals surface area contributed by atoms with E-state index >= 15 is 0 Å². The SMILES string of the molecule is Cn1ccnc1[C@H](NC(=O)CNC(=O)C(C)(C)C)c1ccccc1F. The van der Waals surface area contributed by atoms with Gasteiger partial charge >= 0.3 is 0 Å². The van der Waals surface area contributed by atoms with Crippen molar-refractivity contribution in [1.82, 2.24) is 20.2 Å². The number of amides is 2. The van der Waals surface area contributed by atoms with Gasteiger partial charge in [-0.2, -0.15) is 0 Å². The number of nitrogens with one attached hydrogen (secondary N) is 2. The largest absolute Gasteiger partial charge is 0.347 e. The van der Waals surface area contributed by atoms with Crippen LogP contribution in [0.4, 0.5) is 4.39 Å². The molecule has 2 rings (SSSR count). The van der Waals surface area contributed by atoms with Gasteiger partial charge in [-0.15, -0.1) is 0 Å². The molecule has 2 N–H and O–H groups in total. The predicted molar refractivity (Wildman–Crippen MR) is 92.1 cm³/mol. The standard InChI is InChI=1S/C18H23FN4O2/c1-18(2,3)17(25)21-11-14(24)22-15(16-20-9-10-23(16)4)12-7-5-6-8-13(12)19/h5-10,15H,11H2,1-4H3,(H,21,25)(H,22,24)/t15-/m1/s1. The van der Waals surface area contributed by atoms with Crippen LogP contribution in [0.15, 0.2) is 36.7 Å². The van der Waals surface area contributed by atoms with Crippen molar-refractivity contribution >= 4 is 11.8 Å². The van der Waals surface area contributed by atoms with Gasteiger partial charge in [0.05, 0.1) is 6.54 Å². The van der Waals surface area contributed by atoms with Crippen molar-refractivity contribution in [3.63, 3.8) is 0 Å². The molecule has 0 spiro atoms. The first-order valence-electron chi connectivity index (χ1n) is 7.99. The van der Waals surface area contributed by atoms with Gasteiger partial charge in [0.15, 0.2) is 0 Å². The number of hydrogen-bond acceptors (Lipinski definition) is 3. The van der Waals surface area contributed by atoms with Crippen LogP contribution in [0, 0.1) is 11.2 Å². The number of carbonyl (C=O) groups is 2. The molecule has 0 radical (unpaired) electrons. The fourth-order valence-electron chi connectivity index (χ4n) is 2.28. The number of aryl methyl sites for hydroxylation is 1. The third-order valence-electron chi connectivity index (χ3n) is 3.73. The van der Waals surface area contributed by atoms with Crippen LogP contribution in [0.25, 0.3) is 0 Å². The summed E-state index contributed by atoms with van der Waals surface area (Å²) in [6.45, 7) is 5.09. The topological polar surface area (TPSA) is 76.0 Å². The summed E-state index contributed by atoms with van der Waals surface area (Å²) >= 11 is 0. The van der Waals surface area contributed by atoms with Crippen LogP contribution in [0.2, 0.25) is 0 Å². The average Bonchev–Trinajstić information content (AvgIpc) is 2.96. The number of imidazole rings is 1. The second-order valence-corrected chi connectivity index (χ2v) is 6.85. The highest BCUT2D eigenvalue weighted by Gasteiger charge is 2.25. The number of rotatable bonds is 5. The zero-order valence-electron chi connectivity index (χ0n) is 14.8. The Balaban J connectivity index is 2.18. The molecule has 0 aliphatic carbocycles. The lowest BCUT2D eigenvalue weighted by molar-refractivity contribution is -0.131. The second-order valence-electron chi connectivity index (χ2n) is 6.85. The van der Waals surface area contributed by atoms with Crippen molar-refractivity contribution in [2.24, 2.45) is 12.5 Å². The Kier molecular flexibility index (Phi) is 5.56. The molecule has 1 aromatic carbocycles. The van der Waals surface area contributed by atoms with Crippen molar-refractivity contribution in [3.05, 3.63) is 53.9 Å². The Morgan fingerprint density at radius 1 is 1.28 bits per heavy atom. The molecule has 1 atom stereocenters. The Morgan fingerprint density at radius 3 is 2.52 bits per heavy atom. The predicted octanol–water partition coefficient (Wildman–Crippen LogP) is 1.93. The van der Waals surface area contributed by atoms with E-state index < -0.39 is 23.2 Å². The highest BCUT2D eigenvalue weighted by atomic mass is 19.1. The van der Waals surface area contributed by atoms with Gasteiger partial charge in [-0.25, -0.2) is 9.37 Å². The van der Waals surface area contributed by atoms with Gasteiger partial charge in [-0.05, 0) is 6.07 Å². The highest BCUT2D eigenvalue weighted by Crippen LogP contribution is 2.23. The van der Waals surface area contributed by atoms with Crippen molar-refractivity contribution in [2.45, 2.75) is 26.8 Å². The molecule has 25 heavy (non-hydrogen) atoms. The zero-order chi connectivity index (χ0) is 18.6.